The van der Waals surface area contributed by atoms with E-state index in [-0.39, 0.29) is 32.7 Å². The van der Waals surface area contributed by atoms with Crippen molar-refractivity contribution in [2.24, 2.45) is 0 Å². The Morgan fingerprint density at radius 3 is 1.86 bits per heavy atom. The Bertz CT molecular complexity index is 32.9. The van der Waals surface area contributed by atoms with Crippen LogP contribution in [0.25, 0.3) is 0 Å². The van der Waals surface area contributed by atoms with Gasteiger partial charge < -0.3 is 17.5 Å². The fourth-order valence-corrected chi connectivity index (χ4v) is 0.548. The van der Waals surface area contributed by atoms with E-state index in [1.165, 1.54) is 0 Å². The summed E-state index contributed by atoms with van der Waals surface area (Å²) in [5.74, 6) is 0.840. The van der Waals surface area contributed by atoms with Crippen LogP contribution in [0, 0.1) is 0 Å². The summed E-state index contributed by atoms with van der Waals surface area (Å²) in [6, 6.07) is 0. The zero-order valence-corrected chi connectivity index (χ0v) is 8.50. The summed E-state index contributed by atoms with van der Waals surface area (Å²) in [6.07, 6.45) is 0. The van der Waals surface area contributed by atoms with Gasteiger partial charge in [0.1, 0.15) is 0 Å². The van der Waals surface area contributed by atoms with Crippen molar-refractivity contribution in [1.82, 2.24) is 4.90 Å². The van der Waals surface area contributed by atoms with Crippen LogP contribution in [-0.2, 0) is 45.3 Å². The van der Waals surface area contributed by atoms with Crippen LogP contribution in [0.2, 0.25) is 0 Å². The number of hydrogen-bond acceptors (Lipinski definition) is 2. The zero-order valence-electron chi connectivity index (χ0n) is 4.85. The van der Waals surface area contributed by atoms with Crippen LogP contribution >= 0.6 is 0 Å². The fourth-order valence-electron chi connectivity index (χ4n) is 0.183. The smallest absolute Gasteiger partial charge is 0 e. The van der Waals surface area contributed by atoms with Crippen molar-refractivity contribution in [3.8, 4) is 0 Å². The molecular weight excluding hydrogens is 183 g/mol. The molecule has 0 saturated heterocycles. The summed E-state index contributed by atoms with van der Waals surface area (Å²) in [6.45, 7) is 1.02. The Hall–Kier alpha value is 1.41. The molecule has 0 atom stereocenters. The standard InChI is InChI=1S/C4H11NS.Y/c1-5(2)3-4-6;/h6H,3-4H2,1-2H3;/p-1. The molecule has 41 valence electrons. The van der Waals surface area contributed by atoms with Gasteiger partial charge in [-0.3, -0.25) is 0 Å². The fraction of sp³-hybridized carbons (Fsp3) is 1.00. The van der Waals surface area contributed by atoms with Crippen LogP contribution < -0.4 is 0 Å². The van der Waals surface area contributed by atoms with Gasteiger partial charge in [0.25, 0.3) is 0 Å². The summed E-state index contributed by atoms with van der Waals surface area (Å²) in [5.41, 5.74) is 0. The van der Waals surface area contributed by atoms with E-state index in [4.69, 9.17) is 0 Å². The second-order valence-corrected chi connectivity index (χ2v) is 1.92. The molecule has 0 aromatic carbocycles. The van der Waals surface area contributed by atoms with Gasteiger partial charge in [0.05, 0.1) is 0 Å². The average Bonchev–Trinajstić information content (AvgIpc) is 1.35. The summed E-state index contributed by atoms with van der Waals surface area (Å²) >= 11 is 4.69. The minimum Gasteiger partial charge on any atom is -0.791 e. The molecule has 0 unspecified atom stereocenters. The van der Waals surface area contributed by atoms with Crippen molar-refractivity contribution in [3.05, 3.63) is 0 Å². The van der Waals surface area contributed by atoms with Crippen molar-refractivity contribution in [2.75, 3.05) is 26.4 Å². The summed E-state index contributed by atoms with van der Waals surface area (Å²) in [4.78, 5) is 2.08. The maximum absolute atomic E-state index is 4.69. The molecule has 0 aliphatic carbocycles. The first-order chi connectivity index (χ1) is 2.77. The molecule has 3 heteroatoms. The summed E-state index contributed by atoms with van der Waals surface area (Å²) in [5, 5.41) is 0. The predicted molar refractivity (Wildman–Crippen MR) is 30.8 cm³/mol. The van der Waals surface area contributed by atoms with Crippen molar-refractivity contribution in [1.29, 1.82) is 0 Å². The minimum atomic E-state index is 0. The molecule has 0 aromatic heterocycles. The Kier molecular flexibility index (Phi) is 11.9. The van der Waals surface area contributed by atoms with Gasteiger partial charge in [-0.2, -0.15) is 5.75 Å². The maximum Gasteiger partial charge on any atom is 0 e. The monoisotopic (exact) mass is 193 g/mol. The molecule has 0 N–H and O–H groups in total. The maximum atomic E-state index is 4.69. The Labute approximate surface area is 76.1 Å². The van der Waals surface area contributed by atoms with E-state index in [9.17, 15) is 0 Å². The molecule has 0 bridgehead atoms. The molecule has 0 fully saturated rings. The molecule has 0 aliphatic heterocycles. The third-order valence-corrected chi connectivity index (χ3v) is 0.721. The topological polar surface area (TPSA) is 3.24 Å². The van der Waals surface area contributed by atoms with E-state index in [1.807, 2.05) is 14.1 Å². The first kappa shape index (κ1) is 11.2. The Morgan fingerprint density at radius 2 is 1.86 bits per heavy atom. The number of rotatable bonds is 2. The van der Waals surface area contributed by atoms with E-state index in [0.29, 0.717) is 0 Å². The Balaban J connectivity index is 0. The van der Waals surface area contributed by atoms with Crippen LogP contribution in [0.4, 0.5) is 0 Å². The van der Waals surface area contributed by atoms with Gasteiger partial charge in [-0.1, -0.05) is 0 Å². The van der Waals surface area contributed by atoms with Gasteiger partial charge in [0, 0.05) is 32.7 Å². The quantitative estimate of drug-likeness (QED) is 0.572. The van der Waals surface area contributed by atoms with Gasteiger partial charge in [-0.25, -0.2) is 0 Å². The molecule has 7 heavy (non-hydrogen) atoms. The first-order valence-corrected chi connectivity index (χ1v) is 2.58. The minimum absolute atomic E-state index is 0. The van der Waals surface area contributed by atoms with Crippen LogP contribution in [0.15, 0.2) is 0 Å². The van der Waals surface area contributed by atoms with E-state index < -0.39 is 0 Å². The molecule has 0 amide bonds. The van der Waals surface area contributed by atoms with Crippen LogP contribution in [-0.4, -0.2) is 31.3 Å². The Morgan fingerprint density at radius 1 is 1.43 bits per heavy atom. The van der Waals surface area contributed by atoms with Crippen molar-refractivity contribution in [2.45, 2.75) is 0 Å². The molecular formula is C4H10NSY-. The largest absolute Gasteiger partial charge is 0.791 e. The van der Waals surface area contributed by atoms with Gasteiger partial charge in [0.2, 0.25) is 0 Å². The van der Waals surface area contributed by atoms with Crippen LogP contribution in [0.3, 0.4) is 0 Å². The van der Waals surface area contributed by atoms with Crippen LogP contribution in [0.5, 0.6) is 0 Å². The summed E-state index contributed by atoms with van der Waals surface area (Å²) in [7, 11) is 4.04. The molecule has 0 rings (SSSR count). The molecule has 0 heterocycles. The van der Waals surface area contributed by atoms with Gasteiger partial charge in [-0.05, 0) is 20.6 Å². The van der Waals surface area contributed by atoms with E-state index in [2.05, 4.69) is 17.5 Å². The molecule has 0 spiro atoms. The van der Waals surface area contributed by atoms with Gasteiger partial charge >= 0.3 is 0 Å². The molecule has 0 saturated carbocycles. The number of hydrogen-bond donors (Lipinski definition) is 0. The zero-order chi connectivity index (χ0) is 4.99. The van der Waals surface area contributed by atoms with Crippen LogP contribution in [0.1, 0.15) is 0 Å². The number of nitrogens with zero attached hydrogens (tertiary/aromatic N) is 1. The third kappa shape index (κ3) is 11.2. The van der Waals surface area contributed by atoms with Crippen molar-refractivity contribution in [3.63, 3.8) is 0 Å². The molecule has 1 radical (unpaired) electrons. The van der Waals surface area contributed by atoms with E-state index in [1.54, 1.807) is 0 Å². The van der Waals surface area contributed by atoms with Crippen molar-refractivity contribution >= 4 is 12.6 Å². The predicted octanol–water partition coefficient (Wildman–Crippen LogP) is 0.0924. The van der Waals surface area contributed by atoms with Gasteiger partial charge in [0.15, 0.2) is 0 Å². The molecule has 1 nitrogen and oxygen atoms in total. The molecule has 0 aliphatic rings. The van der Waals surface area contributed by atoms with E-state index in [0.717, 1.165) is 12.3 Å². The average molecular weight is 193 g/mol. The van der Waals surface area contributed by atoms with Gasteiger partial charge in [-0.15, -0.1) is 0 Å². The van der Waals surface area contributed by atoms with Crippen molar-refractivity contribution < 1.29 is 32.7 Å². The SMILES string of the molecule is CN(C)CC[S-].[Y]. The second kappa shape index (κ2) is 7.41. The first-order valence-electron chi connectivity index (χ1n) is 2.00. The normalized spacial score (nSPS) is 8.57. The second-order valence-electron chi connectivity index (χ2n) is 1.51. The molecule has 0 aromatic rings. The third-order valence-electron chi connectivity index (χ3n) is 0.539. The van der Waals surface area contributed by atoms with E-state index >= 15 is 0 Å². The summed E-state index contributed by atoms with van der Waals surface area (Å²) < 4.78 is 0.